The molecule has 0 bridgehead atoms. The second-order valence-electron chi connectivity index (χ2n) is 11.1. The molecular formula is C34H47N3O5S2. The average molecular weight is 642 g/mol. The Morgan fingerprint density at radius 3 is 1.98 bits per heavy atom. The van der Waals surface area contributed by atoms with Gasteiger partial charge in [-0.2, -0.15) is 0 Å². The number of hydrogen-bond acceptors (Lipinski definition) is 8. The van der Waals surface area contributed by atoms with Crippen molar-refractivity contribution in [3.63, 3.8) is 0 Å². The molecule has 10 heteroatoms. The summed E-state index contributed by atoms with van der Waals surface area (Å²) in [6.07, 6.45) is 4.88. The molecule has 1 N–H and O–H groups in total. The molecule has 0 saturated heterocycles. The molecule has 240 valence electrons. The average Bonchev–Trinajstić information content (AvgIpc) is 3.68. The Kier molecular flexibility index (Phi) is 14.9. The van der Waals surface area contributed by atoms with Crippen LogP contribution < -0.4 is 9.46 Å². The lowest BCUT2D eigenvalue weighted by molar-refractivity contribution is -0.152. The minimum absolute atomic E-state index is 0. The number of fused-ring (bicyclic) bond motifs is 1. The molecule has 1 aliphatic carbocycles. The van der Waals surface area contributed by atoms with Crippen molar-refractivity contribution in [3.8, 4) is 16.5 Å². The summed E-state index contributed by atoms with van der Waals surface area (Å²) in [7, 11) is -3.31. The standard InChI is InChI=1S/C15H14N2OS.C9H13NO2S.C9H16O2.CH4/c1-10(2)18-15-14(13-8-5-9-19-13)16-11-6-3-4-7-12(11)17-15;1-8(2)10-13(11,12)9-6-4-3-5-7-9;1-7(2)9(10)11-8-5-3-4-6-8;/h3-10H,1-2H3;3-8,10H,1-2H3;7-8H,3-6H2,1-2H3;1H4. The number of sulfonamides is 1. The zero-order valence-corrected chi connectivity index (χ0v) is 27.5. The Balaban J connectivity index is 0.000000239. The van der Waals surface area contributed by atoms with E-state index in [2.05, 4.69) is 9.71 Å². The molecule has 1 saturated carbocycles. The topological polar surface area (TPSA) is 107 Å². The monoisotopic (exact) mass is 641 g/mol. The predicted molar refractivity (Wildman–Crippen MR) is 180 cm³/mol. The first kappa shape index (κ1) is 36.8. The highest BCUT2D eigenvalue weighted by molar-refractivity contribution is 7.89. The minimum atomic E-state index is -3.31. The van der Waals surface area contributed by atoms with E-state index in [1.165, 1.54) is 12.8 Å². The van der Waals surface area contributed by atoms with Gasteiger partial charge in [-0.25, -0.2) is 23.1 Å². The minimum Gasteiger partial charge on any atom is -0.473 e. The van der Waals surface area contributed by atoms with Crippen molar-refractivity contribution in [1.29, 1.82) is 0 Å². The van der Waals surface area contributed by atoms with Crippen LogP contribution in [0.2, 0.25) is 0 Å². The van der Waals surface area contributed by atoms with Gasteiger partial charge in [0.15, 0.2) is 0 Å². The van der Waals surface area contributed by atoms with Gasteiger partial charge in [0.1, 0.15) is 11.8 Å². The third-order valence-corrected chi connectivity index (χ3v) is 8.69. The lowest BCUT2D eigenvalue weighted by Crippen LogP contribution is -2.30. The fourth-order valence-corrected chi connectivity index (χ4v) is 6.13. The molecule has 2 aromatic heterocycles. The number of nitrogens with one attached hydrogen (secondary N) is 1. The maximum atomic E-state index is 11.5. The van der Waals surface area contributed by atoms with Gasteiger partial charge in [0, 0.05) is 6.04 Å². The van der Waals surface area contributed by atoms with Gasteiger partial charge in [-0.15, -0.1) is 11.3 Å². The van der Waals surface area contributed by atoms with Crippen LogP contribution in [0.3, 0.4) is 0 Å². The van der Waals surface area contributed by atoms with Crippen LogP contribution >= 0.6 is 11.3 Å². The molecule has 0 amide bonds. The Morgan fingerprint density at radius 2 is 1.45 bits per heavy atom. The van der Waals surface area contributed by atoms with Crippen molar-refractivity contribution in [2.24, 2.45) is 5.92 Å². The Morgan fingerprint density at radius 1 is 0.864 bits per heavy atom. The van der Waals surface area contributed by atoms with Crippen molar-refractivity contribution in [2.45, 2.75) is 97.8 Å². The van der Waals surface area contributed by atoms with Gasteiger partial charge in [-0.3, -0.25) is 4.79 Å². The van der Waals surface area contributed by atoms with E-state index in [9.17, 15) is 13.2 Å². The molecule has 2 heterocycles. The second-order valence-corrected chi connectivity index (χ2v) is 13.8. The van der Waals surface area contributed by atoms with E-state index >= 15 is 0 Å². The summed E-state index contributed by atoms with van der Waals surface area (Å²) in [4.78, 5) is 21.8. The molecule has 0 atom stereocenters. The number of thiophene rings is 1. The third kappa shape index (κ3) is 11.6. The van der Waals surface area contributed by atoms with E-state index in [0.29, 0.717) is 10.8 Å². The van der Waals surface area contributed by atoms with Crippen LogP contribution in [0.15, 0.2) is 77.0 Å². The van der Waals surface area contributed by atoms with Crippen LogP contribution in [0, 0.1) is 5.92 Å². The highest BCUT2D eigenvalue weighted by Gasteiger charge is 2.20. The fourth-order valence-electron chi connectivity index (χ4n) is 4.15. The molecular weight excluding hydrogens is 595 g/mol. The summed E-state index contributed by atoms with van der Waals surface area (Å²) < 4.78 is 36.6. The Bertz CT molecular complexity index is 1520. The van der Waals surface area contributed by atoms with Gasteiger partial charge >= 0.3 is 5.97 Å². The van der Waals surface area contributed by atoms with Crippen LogP contribution in [0.1, 0.15) is 74.7 Å². The number of ether oxygens (including phenoxy) is 2. The van der Waals surface area contributed by atoms with Crippen LogP contribution in [-0.2, 0) is 19.6 Å². The van der Waals surface area contributed by atoms with Gasteiger partial charge in [-0.05, 0) is 89.1 Å². The number of esters is 1. The van der Waals surface area contributed by atoms with Crippen LogP contribution in [0.4, 0.5) is 0 Å². The number of carbonyl (C=O) groups is 1. The molecule has 0 aliphatic heterocycles. The van der Waals surface area contributed by atoms with Crippen LogP contribution in [0.25, 0.3) is 21.6 Å². The van der Waals surface area contributed by atoms with Crippen molar-refractivity contribution >= 4 is 38.4 Å². The van der Waals surface area contributed by atoms with E-state index in [1.54, 1.807) is 55.5 Å². The highest BCUT2D eigenvalue weighted by Crippen LogP contribution is 2.32. The first-order valence-electron chi connectivity index (χ1n) is 14.7. The van der Waals surface area contributed by atoms with Crippen molar-refractivity contribution < 1.29 is 22.7 Å². The summed E-state index contributed by atoms with van der Waals surface area (Å²) in [5.41, 5.74) is 2.57. The summed E-state index contributed by atoms with van der Waals surface area (Å²) in [6.45, 7) is 11.3. The molecule has 5 rings (SSSR count). The predicted octanol–water partition coefficient (Wildman–Crippen LogP) is 8.28. The number of rotatable bonds is 8. The number of para-hydroxylation sites is 2. The number of hydrogen-bond donors (Lipinski definition) is 1. The maximum absolute atomic E-state index is 11.5. The van der Waals surface area contributed by atoms with Crippen molar-refractivity contribution in [2.75, 3.05) is 0 Å². The smallest absolute Gasteiger partial charge is 0.308 e. The summed E-state index contributed by atoms with van der Waals surface area (Å²) in [5, 5.41) is 2.03. The second kappa shape index (κ2) is 17.8. The largest absolute Gasteiger partial charge is 0.473 e. The highest BCUT2D eigenvalue weighted by atomic mass is 32.2. The van der Waals surface area contributed by atoms with Gasteiger partial charge < -0.3 is 9.47 Å². The Hall–Kier alpha value is -3.34. The van der Waals surface area contributed by atoms with Crippen molar-refractivity contribution in [1.82, 2.24) is 14.7 Å². The van der Waals surface area contributed by atoms with E-state index in [-0.39, 0.29) is 37.6 Å². The zero-order valence-electron chi connectivity index (χ0n) is 25.8. The lowest BCUT2D eigenvalue weighted by atomic mass is 10.2. The first-order valence-corrected chi connectivity index (χ1v) is 17.1. The molecule has 4 aromatic rings. The normalized spacial score (nSPS) is 13.1. The zero-order chi connectivity index (χ0) is 31.4. The molecule has 8 nitrogen and oxygen atoms in total. The maximum Gasteiger partial charge on any atom is 0.308 e. The number of benzene rings is 2. The summed E-state index contributed by atoms with van der Waals surface area (Å²) in [5.74, 6) is 0.587. The number of nitrogens with zero attached hydrogens (tertiary/aromatic N) is 2. The number of carbonyl (C=O) groups excluding carboxylic acids is 1. The van der Waals surface area contributed by atoms with Crippen molar-refractivity contribution in [3.05, 3.63) is 72.1 Å². The van der Waals surface area contributed by atoms with Gasteiger partial charge in [-0.1, -0.05) is 57.7 Å². The molecule has 0 radical (unpaired) electrons. The van der Waals surface area contributed by atoms with Crippen LogP contribution in [-0.4, -0.2) is 42.6 Å². The third-order valence-electron chi connectivity index (χ3n) is 6.14. The summed E-state index contributed by atoms with van der Waals surface area (Å²) in [6, 6.07) is 20.2. The van der Waals surface area contributed by atoms with Gasteiger partial charge in [0.05, 0.1) is 32.8 Å². The molecule has 0 unspecified atom stereocenters. The number of aromatic nitrogens is 2. The van der Waals surface area contributed by atoms with E-state index in [0.717, 1.165) is 34.4 Å². The Labute approximate surface area is 267 Å². The van der Waals surface area contributed by atoms with E-state index in [4.69, 9.17) is 14.5 Å². The van der Waals surface area contributed by atoms with Gasteiger partial charge in [0.25, 0.3) is 0 Å². The SMILES string of the molecule is C.CC(C)C(=O)OC1CCCC1.CC(C)NS(=O)(=O)c1ccccc1.CC(C)Oc1nc2ccccc2nc1-c1cccs1. The van der Waals surface area contributed by atoms with Crippen LogP contribution in [0.5, 0.6) is 5.88 Å². The molecule has 0 spiro atoms. The van der Waals surface area contributed by atoms with Gasteiger partial charge in [0.2, 0.25) is 15.9 Å². The van der Waals surface area contributed by atoms with E-state index in [1.807, 2.05) is 69.5 Å². The molecule has 44 heavy (non-hydrogen) atoms. The lowest BCUT2D eigenvalue weighted by Gasteiger charge is -2.12. The first-order chi connectivity index (χ1) is 20.5. The fraction of sp³-hybridized carbons (Fsp3) is 0.441. The van der Waals surface area contributed by atoms with E-state index < -0.39 is 10.0 Å². The quantitative estimate of drug-likeness (QED) is 0.193. The molecule has 1 aliphatic rings. The summed E-state index contributed by atoms with van der Waals surface area (Å²) >= 11 is 1.64. The molecule has 1 fully saturated rings. The molecule has 2 aromatic carbocycles.